The monoisotopic (exact) mass is 578 g/mol. The Labute approximate surface area is 213 Å². The van der Waals surface area contributed by atoms with Crippen molar-refractivity contribution in [2.75, 3.05) is 26.2 Å². The second-order valence-corrected chi connectivity index (χ2v) is 13.2. The SMILES string of the molecule is CC1(C)CC2(CCCN(C3CCN(C(=O)c4cc(-c5ccccc5)sc4I)CC3)C2)C(=O)O1. The van der Waals surface area contributed by atoms with E-state index in [9.17, 15) is 9.59 Å². The van der Waals surface area contributed by atoms with E-state index in [0.29, 0.717) is 6.04 Å². The van der Waals surface area contributed by atoms with E-state index in [1.54, 1.807) is 11.3 Å². The fourth-order valence-electron chi connectivity index (χ4n) is 5.94. The Morgan fingerprint density at radius 1 is 1.15 bits per heavy atom. The molecule has 1 unspecified atom stereocenters. The molecule has 0 radical (unpaired) electrons. The van der Waals surface area contributed by atoms with E-state index in [4.69, 9.17) is 4.74 Å². The molecule has 4 heterocycles. The van der Waals surface area contributed by atoms with Crippen molar-refractivity contribution >= 4 is 45.8 Å². The second-order valence-electron chi connectivity index (χ2n) is 10.4. The molecule has 3 saturated heterocycles. The van der Waals surface area contributed by atoms with Crippen LogP contribution in [0.15, 0.2) is 36.4 Å². The second kappa shape index (κ2) is 8.96. The average Bonchev–Trinajstić information content (AvgIpc) is 3.30. The summed E-state index contributed by atoms with van der Waals surface area (Å²) in [5.41, 5.74) is 1.29. The van der Waals surface area contributed by atoms with Crippen molar-refractivity contribution in [2.24, 2.45) is 5.41 Å². The van der Waals surface area contributed by atoms with Gasteiger partial charge in [0.15, 0.2) is 0 Å². The smallest absolute Gasteiger partial charge is 0.314 e. The quantitative estimate of drug-likeness (QED) is 0.360. The van der Waals surface area contributed by atoms with Gasteiger partial charge >= 0.3 is 5.97 Å². The molecule has 2 aromatic rings. The topological polar surface area (TPSA) is 49.9 Å². The number of rotatable bonds is 3. The molecule has 7 heteroatoms. The van der Waals surface area contributed by atoms with Crippen molar-refractivity contribution in [2.45, 2.75) is 57.6 Å². The van der Waals surface area contributed by atoms with Gasteiger partial charge in [-0.15, -0.1) is 11.3 Å². The Hall–Kier alpha value is -1.45. The van der Waals surface area contributed by atoms with Crippen molar-refractivity contribution in [3.05, 3.63) is 44.8 Å². The molecule has 1 atom stereocenters. The fraction of sp³-hybridized carbons (Fsp3) is 0.538. The molecule has 0 aliphatic carbocycles. The van der Waals surface area contributed by atoms with Gasteiger partial charge in [0, 0.05) is 37.0 Å². The zero-order chi connectivity index (χ0) is 23.2. The summed E-state index contributed by atoms with van der Waals surface area (Å²) in [6.45, 7) is 7.44. The highest BCUT2D eigenvalue weighted by Crippen LogP contribution is 2.46. The number of hydrogen-bond donors (Lipinski definition) is 0. The number of carbonyl (C=O) groups excluding carboxylic acids is 2. The molecule has 3 aliphatic heterocycles. The summed E-state index contributed by atoms with van der Waals surface area (Å²) in [7, 11) is 0. The number of amides is 1. The molecule has 0 N–H and O–H groups in total. The third-order valence-electron chi connectivity index (χ3n) is 7.42. The van der Waals surface area contributed by atoms with E-state index in [1.165, 1.54) is 0 Å². The maximum Gasteiger partial charge on any atom is 0.314 e. The number of halogens is 1. The molecule has 3 aliphatic rings. The van der Waals surface area contributed by atoms with Crippen LogP contribution in [0.25, 0.3) is 10.4 Å². The predicted octanol–water partition coefficient (Wildman–Crippen LogP) is 5.43. The number of hydrogen-bond acceptors (Lipinski definition) is 5. The lowest BCUT2D eigenvalue weighted by Gasteiger charge is -2.44. The van der Waals surface area contributed by atoms with E-state index in [-0.39, 0.29) is 22.9 Å². The first-order valence-corrected chi connectivity index (χ1v) is 13.8. The largest absolute Gasteiger partial charge is 0.459 e. The normalized spacial score (nSPS) is 26.0. The van der Waals surface area contributed by atoms with Gasteiger partial charge < -0.3 is 9.64 Å². The number of benzene rings is 1. The Morgan fingerprint density at radius 2 is 1.88 bits per heavy atom. The third-order valence-corrected chi connectivity index (χ3v) is 9.63. The zero-order valence-electron chi connectivity index (χ0n) is 19.3. The summed E-state index contributed by atoms with van der Waals surface area (Å²) in [6.07, 6.45) is 4.72. The highest BCUT2D eigenvalue weighted by Gasteiger charge is 2.54. The minimum Gasteiger partial charge on any atom is -0.459 e. The lowest BCUT2D eigenvalue weighted by Crippen LogP contribution is -2.53. The minimum absolute atomic E-state index is 0.00827. The van der Waals surface area contributed by atoms with Crippen LogP contribution < -0.4 is 0 Å². The van der Waals surface area contributed by atoms with Crippen LogP contribution in [0.2, 0.25) is 0 Å². The van der Waals surface area contributed by atoms with Crippen LogP contribution >= 0.6 is 33.9 Å². The van der Waals surface area contributed by atoms with Crippen LogP contribution in [0, 0.1) is 8.30 Å². The Kier molecular flexibility index (Phi) is 6.33. The van der Waals surface area contributed by atoms with Crippen LogP contribution in [0.5, 0.6) is 0 Å². The molecule has 5 nitrogen and oxygen atoms in total. The van der Waals surface area contributed by atoms with Crippen molar-refractivity contribution in [3.63, 3.8) is 0 Å². The first-order chi connectivity index (χ1) is 15.8. The van der Waals surface area contributed by atoms with Gasteiger partial charge in [-0.25, -0.2) is 0 Å². The molecule has 176 valence electrons. The molecule has 5 rings (SSSR count). The van der Waals surface area contributed by atoms with Crippen molar-refractivity contribution in [3.8, 4) is 10.4 Å². The van der Waals surface area contributed by atoms with E-state index < -0.39 is 0 Å². The summed E-state index contributed by atoms with van der Waals surface area (Å²) < 4.78 is 6.76. The highest BCUT2D eigenvalue weighted by atomic mass is 127. The number of thiophene rings is 1. The van der Waals surface area contributed by atoms with Crippen molar-refractivity contribution < 1.29 is 14.3 Å². The number of nitrogens with zero attached hydrogens (tertiary/aromatic N) is 2. The van der Waals surface area contributed by atoms with E-state index >= 15 is 0 Å². The molecule has 33 heavy (non-hydrogen) atoms. The predicted molar refractivity (Wildman–Crippen MR) is 139 cm³/mol. The van der Waals surface area contributed by atoms with Crippen LogP contribution in [0.1, 0.15) is 56.3 Å². The number of carbonyl (C=O) groups is 2. The van der Waals surface area contributed by atoms with Gasteiger partial charge in [-0.2, -0.15) is 0 Å². The Balaban J connectivity index is 1.22. The average molecular weight is 579 g/mol. The zero-order valence-corrected chi connectivity index (χ0v) is 22.3. The van der Waals surface area contributed by atoms with Crippen molar-refractivity contribution in [1.82, 2.24) is 9.80 Å². The Bertz CT molecular complexity index is 1050. The van der Waals surface area contributed by atoms with Crippen LogP contribution in [0.3, 0.4) is 0 Å². The molecular formula is C26H31IN2O3S. The number of likely N-dealkylation sites (tertiary alicyclic amines) is 2. The summed E-state index contributed by atoms with van der Waals surface area (Å²) >= 11 is 3.98. The summed E-state index contributed by atoms with van der Waals surface area (Å²) in [5.74, 6) is 0.138. The number of cyclic esters (lactones) is 1. The molecule has 1 spiro atoms. The summed E-state index contributed by atoms with van der Waals surface area (Å²) in [6, 6.07) is 12.7. The van der Waals surface area contributed by atoms with E-state index in [0.717, 1.165) is 77.2 Å². The first-order valence-electron chi connectivity index (χ1n) is 11.9. The third kappa shape index (κ3) is 4.60. The molecular weight excluding hydrogens is 547 g/mol. The molecule has 0 saturated carbocycles. The van der Waals surface area contributed by atoms with Gasteiger partial charge in [-0.3, -0.25) is 14.5 Å². The van der Waals surface area contributed by atoms with Gasteiger partial charge in [0.2, 0.25) is 0 Å². The number of ether oxygens (including phenoxy) is 1. The van der Waals surface area contributed by atoms with Gasteiger partial charge in [0.1, 0.15) is 5.60 Å². The lowest BCUT2D eigenvalue weighted by molar-refractivity contribution is -0.154. The maximum absolute atomic E-state index is 13.3. The maximum atomic E-state index is 13.3. The van der Waals surface area contributed by atoms with Gasteiger partial charge in [-0.1, -0.05) is 30.3 Å². The lowest BCUT2D eigenvalue weighted by atomic mass is 9.74. The van der Waals surface area contributed by atoms with E-state index in [2.05, 4.69) is 45.7 Å². The standard InChI is InChI=1S/C26H31IN2O3S/c1-25(2)16-26(24(31)32-25)11-6-12-29(17-26)19-9-13-28(14-10-19)23(30)20-15-21(33-22(20)27)18-7-4-3-5-8-18/h3-5,7-8,15,19H,6,9-14,16-17H2,1-2H3. The number of esters is 1. The minimum atomic E-state index is -0.355. The van der Waals surface area contributed by atoms with Crippen molar-refractivity contribution in [1.29, 1.82) is 0 Å². The fourth-order valence-corrected chi connectivity index (χ4v) is 7.91. The van der Waals surface area contributed by atoms with Gasteiger partial charge in [-0.05, 0) is 80.3 Å². The molecule has 0 bridgehead atoms. The van der Waals surface area contributed by atoms with Gasteiger partial charge in [0.25, 0.3) is 5.91 Å². The summed E-state index contributed by atoms with van der Waals surface area (Å²) in [4.78, 5) is 31.7. The van der Waals surface area contributed by atoms with Crippen LogP contribution in [-0.2, 0) is 9.53 Å². The Morgan fingerprint density at radius 3 is 2.55 bits per heavy atom. The summed E-state index contributed by atoms with van der Waals surface area (Å²) in [5, 5.41) is 0. The molecule has 3 fully saturated rings. The van der Waals surface area contributed by atoms with E-state index in [1.807, 2.05) is 36.9 Å². The van der Waals surface area contributed by atoms with Crippen LogP contribution in [0.4, 0.5) is 0 Å². The van der Waals surface area contributed by atoms with Gasteiger partial charge in [0.05, 0.1) is 13.9 Å². The molecule has 1 aromatic carbocycles. The number of piperidine rings is 2. The molecule has 1 amide bonds. The first kappa shape index (κ1) is 23.3. The molecule has 1 aromatic heterocycles. The van der Waals surface area contributed by atoms with Crippen LogP contribution in [-0.4, -0.2) is 59.5 Å². The highest BCUT2D eigenvalue weighted by molar-refractivity contribution is 14.1.